The van der Waals surface area contributed by atoms with Gasteiger partial charge in [0.05, 0.1) is 12.1 Å². The van der Waals surface area contributed by atoms with Crippen LogP contribution in [0.5, 0.6) is 0 Å². The zero-order chi connectivity index (χ0) is 21.6. The number of ether oxygens (including phenoxy) is 1. The van der Waals surface area contributed by atoms with Crippen molar-refractivity contribution in [2.24, 2.45) is 0 Å². The molecule has 0 aliphatic heterocycles. The van der Waals surface area contributed by atoms with Crippen LogP contribution in [0.25, 0.3) is 0 Å². The molecule has 0 aromatic heterocycles. The third-order valence-electron chi connectivity index (χ3n) is 4.63. The largest absolute Gasteiger partial charge is 0.449 e. The van der Waals surface area contributed by atoms with Gasteiger partial charge in [-0.25, -0.2) is 4.79 Å². The van der Waals surface area contributed by atoms with Gasteiger partial charge in [-0.05, 0) is 55.5 Å². The van der Waals surface area contributed by atoms with Crippen LogP contribution in [-0.4, -0.2) is 30.4 Å². The lowest BCUT2D eigenvalue weighted by Crippen LogP contribution is -2.40. The quantitative estimate of drug-likeness (QED) is 0.699. The van der Waals surface area contributed by atoms with E-state index in [9.17, 15) is 14.4 Å². The molecule has 2 rings (SSSR count). The number of esters is 1. The van der Waals surface area contributed by atoms with Crippen molar-refractivity contribution in [1.29, 1.82) is 0 Å². The fourth-order valence-corrected chi connectivity index (χ4v) is 2.79. The fraction of sp³-hybridized carbons (Fsp3) is 0.348. The Morgan fingerprint density at radius 1 is 0.931 bits per heavy atom. The molecule has 0 spiro atoms. The van der Waals surface area contributed by atoms with Gasteiger partial charge in [0.15, 0.2) is 6.10 Å². The number of carbonyl (C=O) groups is 3. The fourth-order valence-electron chi connectivity index (χ4n) is 2.79. The maximum Gasteiger partial charge on any atom is 0.338 e. The molecule has 0 aliphatic rings. The summed E-state index contributed by atoms with van der Waals surface area (Å²) in [5, 5.41) is 5.29. The Bertz CT molecular complexity index is 868. The zero-order valence-corrected chi connectivity index (χ0v) is 17.5. The average molecular weight is 396 g/mol. The van der Waals surface area contributed by atoms with Crippen LogP contribution in [0.15, 0.2) is 42.5 Å². The topological polar surface area (TPSA) is 84.5 Å². The van der Waals surface area contributed by atoms with Crippen LogP contribution in [-0.2, 0) is 14.3 Å². The van der Waals surface area contributed by atoms with Gasteiger partial charge in [-0.3, -0.25) is 9.59 Å². The lowest BCUT2D eigenvalue weighted by Gasteiger charge is -2.15. The molecule has 1 unspecified atom stereocenters. The lowest BCUT2D eigenvalue weighted by atomic mass is 10.0. The first-order chi connectivity index (χ1) is 13.7. The Kier molecular flexibility index (Phi) is 7.53. The van der Waals surface area contributed by atoms with E-state index in [0.717, 1.165) is 22.4 Å². The highest BCUT2D eigenvalue weighted by Crippen LogP contribution is 2.19. The summed E-state index contributed by atoms with van der Waals surface area (Å²) in [6.07, 6.45) is -1.01. The Balaban J connectivity index is 1.85. The van der Waals surface area contributed by atoms with Gasteiger partial charge in [-0.1, -0.05) is 44.2 Å². The van der Waals surface area contributed by atoms with Crippen LogP contribution >= 0.6 is 0 Å². The van der Waals surface area contributed by atoms with E-state index in [2.05, 4.69) is 24.5 Å². The standard InChI is InChI=1S/C23H28N2O4/c1-14(2)18-9-11-19(12-10-18)23(28)29-17(5)22(27)24-13-20(26)25-21-15(3)7-6-8-16(21)4/h6-12,14,17H,13H2,1-5H3,(H,24,27)(H,25,26). The van der Waals surface area contributed by atoms with E-state index in [4.69, 9.17) is 4.74 Å². The summed E-state index contributed by atoms with van der Waals surface area (Å²) >= 11 is 0. The van der Waals surface area contributed by atoms with Gasteiger partial charge in [0.2, 0.25) is 5.91 Å². The Morgan fingerprint density at radius 3 is 2.07 bits per heavy atom. The molecule has 6 heteroatoms. The van der Waals surface area contributed by atoms with E-state index in [0.29, 0.717) is 11.5 Å². The SMILES string of the molecule is Cc1cccc(C)c1NC(=O)CNC(=O)C(C)OC(=O)c1ccc(C(C)C)cc1. The minimum atomic E-state index is -1.01. The number of para-hydroxylation sites is 1. The summed E-state index contributed by atoms with van der Waals surface area (Å²) in [6.45, 7) is 9.19. The molecule has 0 radical (unpaired) electrons. The molecular weight excluding hydrogens is 368 g/mol. The molecule has 2 aromatic carbocycles. The zero-order valence-electron chi connectivity index (χ0n) is 17.5. The summed E-state index contributed by atoms with van der Waals surface area (Å²) < 4.78 is 5.20. The molecule has 0 saturated heterocycles. The van der Waals surface area contributed by atoms with E-state index in [1.54, 1.807) is 12.1 Å². The molecule has 2 aromatic rings. The van der Waals surface area contributed by atoms with E-state index in [1.807, 2.05) is 44.2 Å². The number of nitrogens with one attached hydrogen (secondary N) is 2. The monoisotopic (exact) mass is 396 g/mol. The normalized spacial score (nSPS) is 11.7. The van der Waals surface area contributed by atoms with Crippen molar-refractivity contribution in [3.05, 3.63) is 64.7 Å². The Morgan fingerprint density at radius 2 is 1.52 bits per heavy atom. The van der Waals surface area contributed by atoms with Gasteiger partial charge in [0.1, 0.15) is 0 Å². The molecule has 6 nitrogen and oxygen atoms in total. The summed E-state index contributed by atoms with van der Waals surface area (Å²) in [5.74, 6) is -1.10. The molecule has 0 aliphatic carbocycles. The van der Waals surface area contributed by atoms with Crippen molar-refractivity contribution in [2.75, 3.05) is 11.9 Å². The summed E-state index contributed by atoms with van der Waals surface area (Å²) in [5.41, 5.74) is 4.10. The number of rotatable bonds is 7. The molecule has 0 bridgehead atoms. The molecule has 0 saturated carbocycles. The minimum Gasteiger partial charge on any atom is -0.449 e. The Labute approximate surface area is 171 Å². The molecule has 2 N–H and O–H groups in total. The minimum absolute atomic E-state index is 0.211. The molecule has 0 heterocycles. The Hall–Kier alpha value is -3.15. The van der Waals surface area contributed by atoms with E-state index in [-0.39, 0.29) is 12.5 Å². The first-order valence-corrected chi connectivity index (χ1v) is 9.63. The van der Waals surface area contributed by atoms with Crippen LogP contribution in [0.2, 0.25) is 0 Å². The smallest absolute Gasteiger partial charge is 0.338 e. The second kappa shape index (κ2) is 9.87. The third kappa shape index (κ3) is 6.17. The highest BCUT2D eigenvalue weighted by atomic mass is 16.5. The maximum atomic E-state index is 12.2. The number of benzene rings is 2. The van der Waals surface area contributed by atoms with Crippen molar-refractivity contribution < 1.29 is 19.1 Å². The summed E-state index contributed by atoms with van der Waals surface area (Å²) in [6, 6.07) is 12.8. The van der Waals surface area contributed by atoms with Crippen molar-refractivity contribution in [3.8, 4) is 0 Å². The van der Waals surface area contributed by atoms with E-state index < -0.39 is 18.0 Å². The van der Waals surface area contributed by atoms with E-state index >= 15 is 0 Å². The van der Waals surface area contributed by atoms with Gasteiger partial charge in [-0.2, -0.15) is 0 Å². The second-order valence-electron chi connectivity index (χ2n) is 7.36. The number of hydrogen-bond acceptors (Lipinski definition) is 4. The number of hydrogen-bond donors (Lipinski definition) is 2. The molecule has 2 amide bonds. The highest BCUT2D eigenvalue weighted by molar-refractivity contribution is 5.97. The van der Waals surface area contributed by atoms with Crippen LogP contribution < -0.4 is 10.6 Å². The van der Waals surface area contributed by atoms with Crippen LogP contribution in [0.1, 0.15) is 53.7 Å². The first kappa shape index (κ1) is 22.1. The molecule has 1 atom stereocenters. The summed E-state index contributed by atoms with van der Waals surface area (Å²) in [4.78, 5) is 36.5. The predicted molar refractivity (Wildman–Crippen MR) is 113 cm³/mol. The predicted octanol–water partition coefficient (Wildman–Crippen LogP) is 3.73. The number of aryl methyl sites for hydroxylation is 2. The average Bonchev–Trinajstić information content (AvgIpc) is 2.69. The van der Waals surface area contributed by atoms with Crippen molar-refractivity contribution in [3.63, 3.8) is 0 Å². The van der Waals surface area contributed by atoms with Gasteiger partial charge in [0.25, 0.3) is 5.91 Å². The van der Waals surface area contributed by atoms with Crippen molar-refractivity contribution in [1.82, 2.24) is 5.32 Å². The summed E-state index contributed by atoms with van der Waals surface area (Å²) in [7, 11) is 0. The van der Waals surface area contributed by atoms with Crippen LogP contribution in [0.4, 0.5) is 5.69 Å². The van der Waals surface area contributed by atoms with Crippen LogP contribution in [0, 0.1) is 13.8 Å². The lowest BCUT2D eigenvalue weighted by molar-refractivity contribution is -0.130. The molecular formula is C23H28N2O4. The number of anilines is 1. The number of amides is 2. The highest BCUT2D eigenvalue weighted by Gasteiger charge is 2.20. The molecule has 29 heavy (non-hydrogen) atoms. The molecule has 154 valence electrons. The molecule has 0 fully saturated rings. The van der Waals surface area contributed by atoms with Gasteiger partial charge >= 0.3 is 5.97 Å². The second-order valence-corrected chi connectivity index (χ2v) is 7.36. The maximum absolute atomic E-state index is 12.2. The van der Waals surface area contributed by atoms with Gasteiger partial charge < -0.3 is 15.4 Å². The van der Waals surface area contributed by atoms with Gasteiger partial charge in [-0.15, -0.1) is 0 Å². The van der Waals surface area contributed by atoms with E-state index in [1.165, 1.54) is 6.92 Å². The first-order valence-electron chi connectivity index (χ1n) is 9.63. The van der Waals surface area contributed by atoms with Crippen molar-refractivity contribution in [2.45, 2.75) is 46.6 Å². The third-order valence-corrected chi connectivity index (χ3v) is 4.63. The van der Waals surface area contributed by atoms with Crippen molar-refractivity contribution >= 4 is 23.5 Å². The van der Waals surface area contributed by atoms with Gasteiger partial charge in [0, 0.05) is 5.69 Å². The van der Waals surface area contributed by atoms with Crippen LogP contribution in [0.3, 0.4) is 0 Å². The number of carbonyl (C=O) groups excluding carboxylic acids is 3.